The fraction of sp³-hybridized carbons (Fsp3) is 0.600. The van der Waals surface area contributed by atoms with Crippen LogP contribution in [0.4, 0.5) is 0 Å². The molecule has 0 fully saturated rings. The van der Waals surface area contributed by atoms with Crippen molar-refractivity contribution in [3.8, 4) is 5.75 Å². The minimum Gasteiger partial charge on any atom is -0.492 e. The number of benzene rings is 1. The van der Waals surface area contributed by atoms with Gasteiger partial charge in [-0.3, -0.25) is 0 Å². The molecule has 1 rings (SSSR count). The van der Waals surface area contributed by atoms with E-state index >= 15 is 0 Å². The molecule has 1 aromatic carbocycles. The van der Waals surface area contributed by atoms with Crippen molar-refractivity contribution in [3.63, 3.8) is 0 Å². The van der Waals surface area contributed by atoms with Crippen molar-refractivity contribution in [2.75, 3.05) is 34.3 Å². The highest BCUT2D eigenvalue weighted by molar-refractivity contribution is 5.27. The smallest absolute Gasteiger partial charge is 0.119 e. The van der Waals surface area contributed by atoms with E-state index in [1.165, 1.54) is 5.56 Å². The Balaban J connectivity index is 2.33. The number of nitrogens with zero attached hydrogens (tertiary/aromatic N) is 1. The van der Waals surface area contributed by atoms with Gasteiger partial charge < -0.3 is 15.0 Å². The molecule has 0 aromatic heterocycles. The lowest BCUT2D eigenvalue weighted by atomic mass is 10.1. The summed E-state index contributed by atoms with van der Waals surface area (Å²) >= 11 is 0. The Morgan fingerprint density at radius 1 is 1.22 bits per heavy atom. The summed E-state index contributed by atoms with van der Waals surface area (Å²) in [4.78, 5) is 2.12. The summed E-state index contributed by atoms with van der Waals surface area (Å²) in [6, 6.07) is 9.02. The third kappa shape index (κ3) is 6.03. The van der Waals surface area contributed by atoms with Gasteiger partial charge in [0.1, 0.15) is 12.4 Å². The molecule has 3 nitrogen and oxygen atoms in total. The lowest BCUT2D eigenvalue weighted by Gasteiger charge is -2.12. The maximum Gasteiger partial charge on any atom is 0.119 e. The highest BCUT2D eigenvalue weighted by atomic mass is 16.5. The summed E-state index contributed by atoms with van der Waals surface area (Å²) in [7, 11) is 6.11. The molecule has 18 heavy (non-hydrogen) atoms. The predicted molar refractivity (Wildman–Crippen MR) is 77.3 cm³/mol. The van der Waals surface area contributed by atoms with E-state index in [0.717, 1.165) is 31.7 Å². The molecule has 0 spiro atoms. The molecule has 0 amide bonds. The molecular formula is C15H26N2O. The van der Waals surface area contributed by atoms with E-state index in [1.54, 1.807) is 0 Å². The Kier molecular flexibility index (Phi) is 6.76. The van der Waals surface area contributed by atoms with Crippen molar-refractivity contribution in [2.24, 2.45) is 0 Å². The fourth-order valence-electron chi connectivity index (χ4n) is 1.63. The van der Waals surface area contributed by atoms with Gasteiger partial charge in [-0.2, -0.15) is 0 Å². The van der Waals surface area contributed by atoms with Gasteiger partial charge >= 0.3 is 0 Å². The van der Waals surface area contributed by atoms with Gasteiger partial charge in [-0.05, 0) is 58.6 Å². The lowest BCUT2D eigenvalue weighted by Crippen LogP contribution is -2.21. The Morgan fingerprint density at radius 2 is 1.89 bits per heavy atom. The van der Waals surface area contributed by atoms with Crippen LogP contribution < -0.4 is 10.1 Å². The van der Waals surface area contributed by atoms with Crippen LogP contribution in [0, 0.1) is 0 Å². The zero-order chi connectivity index (χ0) is 13.4. The number of aryl methyl sites for hydroxylation is 1. The van der Waals surface area contributed by atoms with E-state index in [1.807, 2.05) is 7.05 Å². The van der Waals surface area contributed by atoms with Gasteiger partial charge in [0.2, 0.25) is 0 Å². The third-order valence-corrected chi connectivity index (χ3v) is 3.09. The van der Waals surface area contributed by atoms with Gasteiger partial charge in [-0.15, -0.1) is 0 Å². The van der Waals surface area contributed by atoms with E-state index in [9.17, 15) is 0 Å². The van der Waals surface area contributed by atoms with Crippen LogP contribution >= 0.6 is 0 Å². The monoisotopic (exact) mass is 250 g/mol. The minimum atomic E-state index is 0.570. The van der Waals surface area contributed by atoms with Crippen molar-refractivity contribution >= 4 is 0 Å². The lowest BCUT2D eigenvalue weighted by molar-refractivity contribution is 0.261. The first-order valence-electron chi connectivity index (χ1n) is 6.65. The number of ether oxygens (including phenoxy) is 1. The summed E-state index contributed by atoms with van der Waals surface area (Å²) in [6.07, 6.45) is 2.28. The first-order valence-corrected chi connectivity index (χ1v) is 6.65. The van der Waals surface area contributed by atoms with Crippen LogP contribution in [0.2, 0.25) is 0 Å². The number of hydrogen-bond acceptors (Lipinski definition) is 3. The number of likely N-dealkylation sites (N-methyl/N-ethyl adjacent to an activating group) is 1. The molecule has 3 heteroatoms. The second-order valence-electron chi connectivity index (χ2n) is 5.02. The highest BCUT2D eigenvalue weighted by Gasteiger charge is 2.00. The Morgan fingerprint density at radius 3 is 2.44 bits per heavy atom. The van der Waals surface area contributed by atoms with Crippen molar-refractivity contribution in [1.82, 2.24) is 10.2 Å². The Bertz CT molecular complexity index is 322. The van der Waals surface area contributed by atoms with Crippen molar-refractivity contribution in [3.05, 3.63) is 29.8 Å². The molecule has 0 bridgehead atoms. The highest BCUT2D eigenvalue weighted by Crippen LogP contribution is 2.13. The maximum absolute atomic E-state index is 5.66. The molecule has 0 saturated carbocycles. The molecule has 0 heterocycles. The normalized spacial score (nSPS) is 12.7. The molecule has 1 atom stereocenters. The summed E-state index contributed by atoms with van der Waals surface area (Å²) in [6.45, 7) is 3.89. The van der Waals surface area contributed by atoms with Crippen LogP contribution in [-0.2, 0) is 6.42 Å². The summed E-state index contributed by atoms with van der Waals surface area (Å²) in [5.41, 5.74) is 1.37. The van der Waals surface area contributed by atoms with Crippen LogP contribution in [0.15, 0.2) is 24.3 Å². The van der Waals surface area contributed by atoms with Crippen LogP contribution in [0.5, 0.6) is 5.75 Å². The summed E-state index contributed by atoms with van der Waals surface area (Å²) in [5.74, 6) is 0.960. The SMILES string of the molecule is CNC(C)CCc1ccc(OCCN(C)C)cc1. The molecule has 0 aliphatic heterocycles. The molecule has 102 valence electrons. The van der Waals surface area contributed by atoms with Crippen LogP contribution in [0.1, 0.15) is 18.9 Å². The average Bonchev–Trinajstić information content (AvgIpc) is 2.37. The Hall–Kier alpha value is -1.06. The van der Waals surface area contributed by atoms with Gasteiger partial charge in [-0.1, -0.05) is 12.1 Å². The first-order chi connectivity index (χ1) is 8.61. The van der Waals surface area contributed by atoms with Crippen molar-refractivity contribution in [2.45, 2.75) is 25.8 Å². The molecule has 0 aliphatic rings. The van der Waals surface area contributed by atoms with E-state index in [2.05, 4.69) is 55.5 Å². The molecule has 0 saturated heterocycles. The standard InChI is InChI=1S/C15H26N2O/c1-13(16-2)5-6-14-7-9-15(10-8-14)18-12-11-17(3)4/h7-10,13,16H,5-6,11-12H2,1-4H3. The summed E-state index contributed by atoms with van der Waals surface area (Å²) < 4.78 is 5.66. The number of hydrogen-bond donors (Lipinski definition) is 1. The van der Waals surface area contributed by atoms with Crippen LogP contribution in [0.25, 0.3) is 0 Å². The van der Waals surface area contributed by atoms with Crippen LogP contribution in [-0.4, -0.2) is 45.2 Å². The Labute approximate surface area is 111 Å². The van der Waals surface area contributed by atoms with E-state index in [4.69, 9.17) is 4.74 Å². The largest absolute Gasteiger partial charge is 0.492 e. The topological polar surface area (TPSA) is 24.5 Å². The number of rotatable bonds is 8. The average molecular weight is 250 g/mol. The minimum absolute atomic E-state index is 0.570. The molecular weight excluding hydrogens is 224 g/mol. The molecule has 1 aromatic rings. The third-order valence-electron chi connectivity index (χ3n) is 3.09. The summed E-state index contributed by atoms with van der Waals surface area (Å²) in [5, 5.41) is 3.26. The second-order valence-corrected chi connectivity index (χ2v) is 5.02. The quantitative estimate of drug-likeness (QED) is 0.765. The van der Waals surface area contributed by atoms with Crippen molar-refractivity contribution < 1.29 is 4.74 Å². The number of nitrogens with one attached hydrogen (secondary N) is 1. The second kappa shape index (κ2) is 8.11. The zero-order valence-corrected chi connectivity index (χ0v) is 12.1. The van der Waals surface area contributed by atoms with Gasteiger partial charge in [0.05, 0.1) is 0 Å². The predicted octanol–water partition coefficient (Wildman–Crippen LogP) is 2.17. The van der Waals surface area contributed by atoms with Crippen molar-refractivity contribution in [1.29, 1.82) is 0 Å². The van der Waals surface area contributed by atoms with E-state index < -0.39 is 0 Å². The van der Waals surface area contributed by atoms with Gasteiger partial charge in [-0.25, -0.2) is 0 Å². The zero-order valence-electron chi connectivity index (χ0n) is 12.1. The molecule has 0 radical (unpaired) electrons. The maximum atomic E-state index is 5.66. The molecule has 1 N–H and O–H groups in total. The van der Waals surface area contributed by atoms with E-state index in [-0.39, 0.29) is 0 Å². The van der Waals surface area contributed by atoms with Crippen LogP contribution in [0.3, 0.4) is 0 Å². The van der Waals surface area contributed by atoms with Gasteiger partial charge in [0.25, 0.3) is 0 Å². The fourth-order valence-corrected chi connectivity index (χ4v) is 1.63. The van der Waals surface area contributed by atoms with Gasteiger partial charge in [0.15, 0.2) is 0 Å². The first kappa shape index (κ1) is 15.0. The van der Waals surface area contributed by atoms with E-state index in [0.29, 0.717) is 6.04 Å². The molecule has 1 unspecified atom stereocenters. The molecule has 0 aliphatic carbocycles. The van der Waals surface area contributed by atoms with Gasteiger partial charge in [0, 0.05) is 12.6 Å².